The van der Waals surface area contributed by atoms with Gasteiger partial charge < -0.3 is 20.1 Å². The predicted molar refractivity (Wildman–Crippen MR) is 140 cm³/mol. The number of guanidine groups is 1. The van der Waals surface area contributed by atoms with E-state index in [-0.39, 0.29) is 24.0 Å². The summed E-state index contributed by atoms with van der Waals surface area (Å²) in [5.41, 5.74) is 2.31. The SMILES string of the molecule is CCNC(=NCc1cccnc1OCCOC)NC1CC(C)N(Cc2ccccc2)C1.I. The van der Waals surface area contributed by atoms with E-state index in [0.717, 1.165) is 37.6 Å². The van der Waals surface area contributed by atoms with Crippen LogP contribution in [-0.4, -0.2) is 61.3 Å². The molecular formula is C24H36IN5O2. The fourth-order valence-corrected chi connectivity index (χ4v) is 3.81. The number of aromatic nitrogens is 1. The number of methoxy groups -OCH3 is 1. The normalized spacial score (nSPS) is 18.8. The van der Waals surface area contributed by atoms with Gasteiger partial charge in [0, 0.05) is 50.6 Å². The Morgan fingerprint density at radius 2 is 2.00 bits per heavy atom. The second-order valence-electron chi connectivity index (χ2n) is 7.85. The van der Waals surface area contributed by atoms with Gasteiger partial charge in [-0.05, 0) is 31.9 Å². The van der Waals surface area contributed by atoms with Crippen LogP contribution in [0, 0.1) is 0 Å². The topological polar surface area (TPSA) is 71.0 Å². The largest absolute Gasteiger partial charge is 0.475 e. The van der Waals surface area contributed by atoms with Gasteiger partial charge in [0.15, 0.2) is 5.96 Å². The Kier molecular flexibility index (Phi) is 11.8. The summed E-state index contributed by atoms with van der Waals surface area (Å²) in [6, 6.07) is 15.5. The molecule has 1 aliphatic heterocycles. The molecule has 7 nitrogen and oxygen atoms in total. The number of hydrogen-bond acceptors (Lipinski definition) is 5. The molecule has 2 aromatic rings. The average Bonchev–Trinajstić information content (AvgIpc) is 3.12. The monoisotopic (exact) mass is 553 g/mol. The van der Waals surface area contributed by atoms with Crippen molar-refractivity contribution in [3.63, 3.8) is 0 Å². The standard InChI is InChI=1S/C24H35N5O2.HI/c1-4-25-24(27-16-21-11-8-12-26-23(21)31-14-13-30-3)28-22-15-19(2)29(18-22)17-20-9-6-5-7-10-20;/h5-12,19,22H,4,13-18H2,1-3H3,(H2,25,27,28);1H. The number of ether oxygens (including phenoxy) is 2. The molecule has 0 amide bonds. The Hall–Kier alpha value is -1.91. The van der Waals surface area contributed by atoms with Crippen molar-refractivity contribution in [2.75, 3.05) is 33.4 Å². The highest BCUT2D eigenvalue weighted by Gasteiger charge is 2.29. The maximum absolute atomic E-state index is 5.74. The van der Waals surface area contributed by atoms with Gasteiger partial charge >= 0.3 is 0 Å². The molecule has 3 rings (SSSR count). The molecule has 0 radical (unpaired) electrons. The summed E-state index contributed by atoms with van der Waals surface area (Å²) in [5.74, 6) is 1.44. The van der Waals surface area contributed by atoms with Gasteiger partial charge in [0.05, 0.1) is 13.2 Å². The minimum absolute atomic E-state index is 0. The third-order valence-electron chi connectivity index (χ3n) is 5.40. The summed E-state index contributed by atoms with van der Waals surface area (Å²) >= 11 is 0. The van der Waals surface area contributed by atoms with Gasteiger partial charge in [-0.25, -0.2) is 9.98 Å². The summed E-state index contributed by atoms with van der Waals surface area (Å²) in [7, 11) is 1.66. The van der Waals surface area contributed by atoms with Crippen LogP contribution < -0.4 is 15.4 Å². The number of benzene rings is 1. The number of halogens is 1. The van der Waals surface area contributed by atoms with Crippen LogP contribution in [0.2, 0.25) is 0 Å². The Bertz CT molecular complexity index is 821. The van der Waals surface area contributed by atoms with Crippen molar-refractivity contribution in [3.8, 4) is 5.88 Å². The molecular weight excluding hydrogens is 517 g/mol. The van der Waals surface area contributed by atoms with Gasteiger partial charge in [-0.15, -0.1) is 24.0 Å². The van der Waals surface area contributed by atoms with Gasteiger partial charge in [-0.1, -0.05) is 36.4 Å². The van der Waals surface area contributed by atoms with Gasteiger partial charge in [-0.2, -0.15) is 0 Å². The summed E-state index contributed by atoms with van der Waals surface area (Å²) in [4.78, 5) is 11.7. The number of likely N-dealkylation sites (tertiary alicyclic amines) is 1. The average molecular weight is 553 g/mol. The third kappa shape index (κ3) is 8.22. The van der Waals surface area contributed by atoms with Crippen molar-refractivity contribution in [1.29, 1.82) is 0 Å². The molecule has 2 heterocycles. The number of hydrogen-bond donors (Lipinski definition) is 2. The van der Waals surface area contributed by atoms with Crippen LogP contribution in [0.15, 0.2) is 53.7 Å². The molecule has 2 N–H and O–H groups in total. The zero-order valence-corrected chi connectivity index (χ0v) is 21.6. The first-order valence-corrected chi connectivity index (χ1v) is 11.1. The molecule has 2 unspecified atom stereocenters. The fourth-order valence-electron chi connectivity index (χ4n) is 3.81. The first-order valence-electron chi connectivity index (χ1n) is 11.1. The third-order valence-corrected chi connectivity index (χ3v) is 5.40. The highest BCUT2D eigenvalue weighted by Crippen LogP contribution is 2.20. The molecule has 0 aliphatic carbocycles. The molecule has 0 spiro atoms. The molecule has 2 atom stereocenters. The lowest BCUT2D eigenvalue weighted by Gasteiger charge is -2.21. The summed E-state index contributed by atoms with van der Waals surface area (Å²) in [5, 5.41) is 6.99. The lowest BCUT2D eigenvalue weighted by molar-refractivity contribution is 0.143. The van der Waals surface area contributed by atoms with Crippen LogP contribution in [-0.2, 0) is 17.8 Å². The van der Waals surface area contributed by atoms with E-state index in [1.54, 1.807) is 13.3 Å². The van der Waals surface area contributed by atoms with Crippen molar-refractivity contribution in [2.45, 2.75) is 45.4 Å². The van der Waals surface area contributed by atoms with E-state index in [1.807, 2.05) is 12.1 Å². The van der Waals surface area contributed by atoms with Crippen LogP contribution in [0.4, 0.5) is 0 Å². The quantitative estimate of drug-likeness (QED) is 0.203. The van der Waals surface area contributed by atoms with Gasteiger partial charge in [0.1, 0.15) is 6.61 Å². The van der Waals surface area contributed by atoms with E-state index in [1.165, 1.54) is 5.56 Å². The molecule has 1 aliphatic rings. The van der Waals surface area contributed by atoms with Crippen molar-refractivity contribution >= 4 is 29.9 Å². The highest BCUT2D eigenvalue weighted by molar-refractivity contribution is 14.0. The van der Waals surface area contributed by atoms with E-state index in [0.29, 0.717) is 37.7 Å². The first-order chi connectivity index (χ1) is 15.2. The van der Waals surface area contributed by atoms with Crippen LogP contribution in [0.25, 0.3) is 0 Å². The summed E-state index contributed by atoms with van der Waals surface area (Å²) in [6.45, 7) is 8.67. The minimum atomic E-state index is 0. The Morgan fingerprint density at radius 1 is 1.19 bits per heavy atom. The lowest BCUT2D eigenvalue weighted by Crippen LogP contribution is -2.44. The van der Waals surface area contributed by atoms with E-state index in [2.05, 4.69) is 64.7 Å². The van der Waals surface area contributed by atoms with E-state index < -0.39 is 0 Å². The van der Waals surface area contributed by atoms with E-state index in [4.69, 9.17) is 14.5 Å². The Balaban J connectivity index is 0.00000363. The van der Waals surface area contributed by atoms with Crippen LogP contribution in [0.5, 0.6) is 5.88 Å². The van der Waals surface area contributed by atoms with Crippen LogP contribution >= 0.6 is 24.0 Å². The number of rotatable bonds is 10. The molecule has 1 fully saturated rings. The van der Waals surface area contributed by atoms with E-state index >= 15 is 0 Å². The molecule has 32 heavy (non-hydrogen) atoms. The second-order valence-corrected chi connectivity index (χ2v) is 7.85. The zero-order valence-electron chi connectivity index (χ0n) is 19.3. The van der Waals surface area contributed by atoms with Gasteiger partial charge in [0.25, 0.3) is 0 Å². The minimum Gasteiger partial charge on any atom is -0.475 e. The van der Waals surface area contributed by atoms with Crippen LogP contribution in [0.3, 0.4) is 0 Å². The molecule has 1 saturated heterocycles. The first kappa shape index (κ1) is 26.3. The van der Waals surface area contributed by atoms with Crippen molar-refractivity contribution in [2.24, 2.45) is 4.99 Å². The second kappa shape index (κ2) is 14.3. The molecule has 1 aromatic carbocycles. The number of nitrogens with one attached hydrogen (secondary N) is 2. The van der Waals surface area contributed by atoms with Crippen LogP contribution in [0.1, 0.15) is 31.4 Å². The molecule has 0 bridgehead atoms. The highest BCUT2D eigenvalue weighted by atomic mass is 127. The summed E-state index contributed by atoms with van der Waals surface area (Å²) in [6.07, 6.45) is 2.83. The zero-order chi connectivity index (χ0) is 21.9. The molecule has 1 aromatic heterocycles. The van der Waals surface area contributed by atoms with Gasteiger partial charge in [-0.3, -0.25) is 4.90 Å². The van der Waals surface area contributed by atoms with E-state index in [9.17, 15) is 0 Å². The van der Waals surface area contributed by atoms with Crippen molar-refractivity contribution in [3.05, 3.63) is 59.8 Å². The maximum Gasteiger partial charge on any atom is 0.218 e. The smallest absolute Gasteiger partial charge is 0.218 e. The fraction of sp³-hybridized carbons (Fsp3) is 0.500. The molecule has 0 saturated carbocycles. The Morgan fingerprint density at radius 3 is 2.75 bits per heavy atom. The lowest BCUT2D eigenvalue weighted by atomic mass is 10.2. The number of aliphatic imine (C=N–C) groups is 1. The maximum atomic E-state index is 5.74. The van der Waals surface area contributed by atoms with Crippen molar-refractivity contribution in [1.82, 2.24) is 20.5 Å². The number of pyridine rings is 1. The molecule has 8 heteroatoms. The predicted octanol–water partition coefficient (Wildman–Crippen LogP) is 3.44. The Labute approximate surface area is 209 Å². The van der Waals surface area contributed by atoms with Gasteiger partial charge in [0.2, 0.25) is 5.88 Å². The molecule has 176 valence electrons. The summed E-state index contributed by atoms with van der Waals surface area (Å²) < 4.78 is 10.8. The van der Waals surface area contributed by atoms with Crippen molar-refractivity contribution < 1.29 is 9.47 Å². The number of nitrogens with zero attached hydrogens (tertiary/aromatic N) is 3.